The van der Waals surface area contributed by atoms with E-state index in [1.165, 1.54) is 6.42 Å². The van der Waals surface area contributed by atoms with Gasteiger partial charge in [-0.3, -0.25) is 0 Å². The monoisotopic (exact) mass is 178 g/mol. The Hall–Kier alpha value is -0.480. The zero-order valence-corrected chi connectivity index (χ0v) is 8.72. The minimum absolute atomic E-state index is 0.0700. The fraction of sp³-hybridized carbons (Fsp3) is 0.833. The third-order valence-electron chi connectivity index (χ3n) is 5.13. The van der Waals surface area contributed by atoms with Crippen molar-refractivity contribution in [2.45, 2.75) is 45.6 Å². The molecule has 0 aromatic rings. The Morgan fingerprint density at radius 1 is 1.38 bits per heavy atom. The first-order valence-electron chi connectivity index (χ1n) is 5.07. The zero-order chi connectivity index (χ0) is 9.91. The minimum Gasteiger partial charge on any atom is -0.377 e. The molecule has 1 N–H and O–H groups in total. The zero-order valence-electron chi connectivity index (χ0n) is 8.72. The predicted molar refractivity (Wildman–Crippen MR) is 53.0 cm³/mol. The van der Waals surface area contributed by atoms with Crippen molar-refractivity contribution in [3.8, 4) is 12.3 Å². The molecule has 2 aliphatic carbocycles. The highest BCUT2D eigenvalue weighted by Crippen LogP contribution is 2.69. The molecule has 0 saturated heterocycles. The summed E-state index contributed by atoms with van der Waals surface area (Å²) in [5, 5.41) is 10.3. The average molecular weight is 178 g/mol. The van der Waals surface area contributed by atoms with Gasteiger partial charge in [-0.25, -0.2) is 0 Å². The maximum atomic E-state index is 10.3. The molecule has 0 amide bonds. The van der Waals surface area contributed by atoms with Crippen molar-refractivity contribution in [1.82, 2.24) is 0 Å². The van der Waals surface area contributed by atoms with Gasteiger partial charge < -0.3 is 5.11 Å². The Morgan fingerprint density at radius 3 is 2.23 bits per heavy atom. The highest BCUT2D eigenvalue weighted by atomic mass is 16.3. The van der Waals surface area contributed by atoms with Crippen LogP contribution in [0.5, 0.6) is 0 Å². The molecule has 72 valence electrons. The van der Waals surface area contributed by atoms with E-state index in [1.807, 2.05) is 0 Å². The first-order valence-corrected chi connectivity index (χ1v) is 5.07. The third-order valence-corrected chi connectivity index (χ3v) is 5.13. The Bertz CT molecular complexity index is 286. The number of hydrogen-bond donors (Lipinski definition) is 1. The Kier molecular flexibility index (Phi) is 1.48. The molecule has 0 aromatic carbocycles. The molecule has 3 atom stereocenters. The second kappa shape index (κ2) is 2.12. The largest absolute Gasteiger partial charge is 0.377 e. The van der Waals surface area contributed by atoms with Crippen LogP contribution in [0.4, 0.5) is 0 Å². The molecule has 2 fully saturated rings. The molecule has 0 aromatic heterocycles. The Labute approximate surface area is 80.5 Å². The van der Waals surface area contributed by atoms with Crippen LogP contribution in [0.3, 0.4) is 0 Å². The quantitative estimate of drug-likeness (QED) is 0.564. The number of fused-ring (bicyclic) bond motifs is 2. The Balaban J connectivity index is 2.51. The summed E-state index contributed by atoms with van der Waals surface area (Å²) in [6.07, 6.45) is 8.56. The molecule has 1 nitrogen and oxygen atoms in total. The van der Waals surface area contributed by atoms with Crippen LogP contribution in [0, 0.1) is 29.1 Å². The van der Waals surface area contributed by atoms with Gasteiger partial charge >= 0.3 is 0 Å². The van der Waals surface area contributed by atoms with Crippen LogP contribution in [0.1, 0.15) is 40.0 Å². The molecule has 0 heterocycles. The predicted octanol–water partition coefficient (Wildman–Crippen LogP) is 2.20. The van der Waals surface area contributed by atoms with E-state index >= 15 is 0 Å². The summed E-state index contributed by atoms with van der Waals surface area (Å²) in [4.78, 5) is 0. The van der Waals surface area contributed by atoms with Gasteiger partial charge in [-0.05, 0) is 30.6 Å². The van der Waals surface area contributed by atoms with Crippen LogP contribution in [-0.4, -0.2) is 10.7 Å². The van der Waals surface area contributed by atoms with Gasteiger partial charge in [-0.15, -0.1) is 6.42 Å². The summed E-state index contributed by atoms with van der Waals surface area (Å²) >= 11 is 0. The van der Waals surface area contributed by atoms with E-state index < -0.39 is 5.60 Å². The van der Waals surface area contributed by atoms with E-state index in [2.05, 4.69) is 26.7 Å². The molecule has 0 spiro atoms. The van der Waals surface area contributed by atoms with Gasteiger partial charge in [0.15, 0.2) is 0 Å². The van der Waals surface area contributed by atoms with E-state index in [0.717, 1.165) is 12.8 Å². The van der Waals surface area contributed by atoms with Crippen LogP contribution in [0.2, 0.25) is 0 Å². The van der Waals surface area contributed by atoms with Gasteiger partial charge in [0.1, 0.15) is 5.60 Å². The second-order valence-corrected chi connectivity index (χ2v) is 5.50. The molecule has 2 saturated carbocycles. The van der Waals surface area contributed by atoms with E-state index in [4.69, 9.17) is 6.42 Å². The van der Waals surface area contributed by atoms with Crippen molar-refractivity contribution in [2.24, 2.45) is 16.7 Å². The van der Waals surface area contributed by atoms with Crippen molar-refractivity contribution in [2.75, 3.05) is 0 Å². The molecule has 2 bridgehead atoms. The van der Waals surface area contributed by atoms with Gasteiger partial charge in [0, 0.05) is 5.41 Å². The van der Waals surface area contributed by atoms with Gasteiger partial charge in [0.2, 0.25) is 0 Å². The van der Waals surface area contributed by atoms with Crippen molar-refractivity contribution in [3.63, 3.8) is 0 Å². The summed E-state index contributed by atoms with van der Waals surface area (Å²) in [5.41, 5.74) is -0.715. The number of terminal acetylenes is 1. The normalized spacial score (nSPS) is 52.1. The Morgan fingerprint density at radius 2 is 2.00 bits per heavy atom. The molecule has 13 heavy (non-hydrogen) atoms. The van der Waals surface area contributed by atoms with Crippen LogP contribution >= 0.6 is 0 Å². The topological polar surface area (TPSA) is 20.2 Å². The van der Waals surface area contributed by atoms with E-state index in [0.29, 0.717) is 5.92 Å². The molecule has 1 heteroatoms. The van der Waals surface area contributed by atoms with Crippen molar-refractivity contribution < 1.29 is 5.11 Å². The molecular formula is C12H18O. The van der Waals surface area contributed by atoms with Crippen LogP contribution < -0.4 is 0 Å². The summed E-state index contributed by atoms with van der Waals surface area (Å²) in [6.45, 7) is 6.65. The summed E-state index contributed by atoms with van der Waals surface area (Å²) in [6, 6.07) is 0. The lowest BCUT2D eigenvalue weighted by Crippen LogP contribution is -2.45. The first kappa shape index (κ1) is 9.09. The number of hydrogen-bond acceptors (Lipinski definition) is 1. The highest BCUT2D eigenvalue weighted by molar-refractivity contribution is 5.27. The highest BCUT2D eigenvalue weighted by Gasteiger charge is 2.67. The van der Waals surface area contributed by atoms with Crippen molar-refractivity contribution in [3.05, 3.63) is 0 Å². The molecule has 0 aliphatic heterocycles. The smallest absolute Gasteiger partial charge is 0.131 e. The van der Waals surface area contributed by atoms with Crippen molar-refractivity contribution >= 4 is 0 Å². The van der Waals surface area contributed by atoms with E-state index in [9.17, 15) is 5.11 Å². The average Bonchev–Trinajstić information content (AvgIpc) is 2.36. The van der Waals surface area contributed by atoms with Gasteiger partial charge in [0.25, 0.3) is 0 Å². The lowest BCUT2D eigenvalue weighted by atomic mass is 9.65. The van der Waals surface area contributed by atoms with Gasteiger partial charge in [-0.2, -0.15) is 0 Å². The van der Waals surface area contributed by atoms with Gasteiger partial charge in [0.05, 0.1) is 0 Å². The van der Waals surface area contributed by atoms with Gasteiger partial charge in [-0.1, -0.05) is 26.7 Å². The van der Waals surface area contributed by atoms with Crippen LogP contribution in [0.15, 0.2) is 0 Å². The molecule has 2 rings (SSSR count). The fourth-order valence-electron chi connectivity index (χ4n) is 3.49. The lowest BCUT2D eigenvalue weighted by molar-refractivity contribution is -0.0431. The maximum absolute atomic E-state index is 10.3. The van der Waals surface area contributed by atoms with Crippen molar-refractivity contribution in [1.29, 1.82) is 0 Å². The summed E-state index contributed by atoms with van der Waals surface area (Å²) < 4.78 is 0. The standard InChI is InChI=1S/C12H18O/c1-5-12(13)8-9-6-7-11(12,4)10(9,2)3/h1,9,13H,6-8H2,2-4H3/t9-,11-,12-/m0/s1. The van der Waals surface area contributed by atoms with E-state index in [-0.39, 0.29) is 10.8 Å². The lowest BCUT2D eigenvalue weighted by Gasteiger charge is -2.42. The third kappa shape index (κ3) is 0.742. The minimum atomic E-state index is -0.848. The fourth-order valence-corrected chi connectivity index (χ4v) is 3.49. The molecule has 0 unspecified atom stereocenters. The molecule has 2 aliphatic rings. The summed E-state index contributed by atoms with van der Waals surface area (Å²) in [7, 11) is 0. The molecular weight excluding hydrogens is 160 g/mol. The van der Waals surface area contributed by atoms with Crippen LogP contribution in [-0.2, 0) is 0 Å². The maximum Gasteiger partial charge on any atom is 0.131 e. The SMILES string of the molecule is C#C[C@]1(O)C[C@@H]2CC[C@@]1(C)C2(C)C. The molecule has 0 radical (unpaired) electrons. The van der Waals surface area contributed by atoms with E-state index in [1.54, 1.807) is 0 Å². The summed E-state index contributed by atoms with van der Waals surface area (Å²) in [5.74, 6) is 3.23. The first-order chi connectivity index (χ1) is 5.87. The number of rotatable bonds is 0. The van der Waals surface area contributed by atoms with Crippen LogP contribution in [0.25, 0.3) is 0 Å². The number of aliphatic hydroxyl groups is 1. The second-order valence-electron chi connectivity index (χ2n) is 5.50.